The van der Waals surface area contributed by atoms with Crippen molar-refractivity contribution >= 4 is 40.1 Å². The smallest absolute Gasteiger partial charge is 0.298 e. The van der Waals surface area contributed by atoms with Crippen LogP contribution in [0.5, 0.6) is 0 Å². The molecule has 26 heavy (non-hydrogen) atoms. The SMILES string of the molecule is CC(=O)c1ccc(C(=O)N2CCN(c3nc4cc(C)ccc4o3)CC2)s1. The third-order valence-electron chi connectivity index (χ3n) is 4.53. The molecule has 0 radical (unpaired) electrons. The van der Waals surface area contributed by atoms with Crippen molar-refractivity contribution in [2.24, 2.45) is 0 Å². The Morgan fingerprint density at radius 2 is 1.81 bits per heavy atom. The van der Waals surface area contributed by atoms with Gasteiger partial charge >= 0.3 is 0 Å². The first-order valence-corrected chi connectivity index (χ1v) is 9.35. The molecule has 7 heteroatoms. The second-order valence-corrected chi connectivity index (χ2v) is 7.55. The Labute approximate surface area is 155 Å². The van der Waals surface area contributed by atoms with Gasteiger partial charge < -0.3 is 14.2 Å². The summed E-state index contributed by atoms with van der Waals surface area (Å²) in [5.41, 5.74) is 2.78. The second-order valence-electron chi connectivity index (χ2n) is 6.47. The number of aromatic nitrogens is 1. The number of thiophene rings is 1. The first kappa shape index (κ1) is 16.8. The van der Waals surface area contributed by atoms with Crippen LogP contribution < -0.4 is 4.90 Å². The molecule has 0 N–H and O–H groups in total. The van der Waals surface area contributed by atoms with E-state index in [9.17, 15) is 9.59 Å². The number of nitrogens with zero attached hydrogens (tertiary/aromatic N) is 3. The quantitative estimate of drug-likeness (QED) is 0.662. The molecule has 1 amide bonds. The van der Waals surface area contributed by atoms with Crippen molar-refractivity contribution in [1.29, 1.82) is 0 Å². The molecule has 1 fully saturated rings. The molecule has 0 unspecified atom stereocenters. The topological polar surface area (TPSA) is 66.7 Å². The van der Waals surface area contributed by atoms with Crippen LogP contribution in [0.2, 0.25) is 0 Å². The van der Waals surface area contributed by atoms with Gasteiger partial charge in [-0.05, 0) is 43.7 Å². The minimum Gasteiger partial charge on any atom is -0.423 e. The van der Waals surface area contributed by atoms with Gasteiger partial charge in [0.05, 0.1) is 9.75 Å². The van der Waals surface area contributed by atoms with Gasteiger partial charge in [-0.3, -0.25) is 9.59 Å². The van der Waals surface area contributed by atoms with Crippen LogP contribution in [-0.2, 0) is 0 Å². The fraction of sp³-hybridized carbons (Fsp3) is 0.316. The largest absolute Gasteiger partial charge is 0.423 e. The molecular formula is C19H19N3O3S. The van der Waals surface area contributed by atoms with Gasteiger partial charge in [0.2, 0.25) is 0 Å². The van der Waals surface area contributed by atoms with E-state index >= 15 is 0 Å². The van der Waals surface area contributed by atoms with Crippen LogP contribution in [0.25, 0.3) is 11.1 Å². The monoisotopic (exact) mass is 369 g/mol. The Hall–Kier alpha value is -2.67. The van der Waals surface area contributed by atoms with Crippen molar-refractivity contribution in [1.82, 2.24) is 9.88 Å². The third kappa shape index (κ3) is 3.10. The molecule has 134 valence electrons. The van der Waals surface area contributed by atoms with Gasteiger partial charge in [0.25, 0.3) is 11.9 Å². The highest BCUT2D eigenvalue weighted by atomic mass is 32.1. The molecule has 0 atom stereocenters. The molecule has 0 bridgehead atoms. The normalized spacial score (nSPS) is 14.8. The third-order valence-corrected chi connectivity index (χ3v) is 5.71. The lowest BCUT2D eigenvalue weighted by atomic mass is 10.2. The van der Waals surface area contributed by atoms with Crippen molar-refractivity contribution in [3.63, 3.8) is 0 Å². The molecule has 0 saturated carbocycles. The van der Waals surface area contributed by atoms with Crippen LogP contribution >= 0.6 is 11.3 Å². The zero-order valence-electron chi connectivity index (χ0n) is 14.7. The maximum Gasteiger partial charge on any atom is 0.298 e. The number of fused-ring (bicyclic) bond motifs is 1. The van der Waals surface area contributed by atoms with Crippen LogP contribution in [0.1, 0.15) is 31.8 Å². The first-order chi connectivity index (χ1) is 12.5. The van der Waals surface area contributed by atoms with Crippen molar-refractivity contribution in [3.05, 3.63) is 45.6 Å². The summed E-state index contributed by atoms with van der Waals surface area (Å²) in [5.74, 6) is -0.0274. The minimum absolute atomic E-state index is 0.00920. The summed E-state index contributed by atoms with van der Waals surface area (Å²) in [4.78, 5) is 33.7. The number of carbonyl (C=O) groups is 2. The number of rotatable bonds is 3. The van der Waals surface area contributed by atoms with E-state index in [1.165, 1.54) is 18.3 Å². The number of hydrogen-bond donors (Lipinski definition) is 0. The number of piperazine rings is 1. The number of carbonyl (C=O) groups excluding carboxylic acids is 2. The number of ketones is 1. The van der Waals surface area contributed by atoms with E-state index in [4.69, 9.17) is 4.42 Å². The van der Waals surface area contributed by atoms with Crippen LogP contribution in [0.4, 0.5) is 6.01 Å². The molecule has 3 aromatic rings. The predicted molar refractivity (Wildman–Crippen MR) is 101 cm³/mol. The van der Waals surface area contributed by atoms with Crippen LogP contribution in [0.15, 0.2) is 34.7 Å². The second kappa shape index (κ2) is 6.57. The minimum atomic E-state index is -0.0182. The van der Waals surface area contributed by atoms with E-state index in [0.29, 0.717) is 41.9 Å². The van der Waals surface area contributed by atoms with Gasteiger partial charge in [-0.15, -0.1) is 11.3 Å². The van der Waals surface area contributed by atoms with Gasteiger partial charge in [0.1, 0.15) is 5.52 Å². The maximum absolute atomic E-state index is 12.6. The molecular weight excluding hydrogens is 350 g/mol. The van der Waals surface area contributed by atoms with Crippen LogP contribution in [0, 0.1) is 6.92 Å². The first-order valence-electron chi connectivity index (χ1n) is 8.53. The van der Waals surface area contributed by atoms with Gasteiger partial charge in [-0.1, -0.05) is 6.07 Å². The number of aryl methyl sites for hydroxylation is 1. The number of amides is 1. The Bertz CT molecular complexity index is 983. The summed E-state index contributed by atoms with van der Waals surface area (Å²) in [6.07, 6.45) is 0. The highest BCUT2D eigenvalue weighted by Crippen LogP contribution is 2.25. The molecule has 1 saturated heterocycles. The summed E-state index contributed by atoms with van der Waals surface area (Å²) in [5, 5.41) is 0. The molecule has 0 spiro atoms. The highest BCUT2D eigenvalue weighted by molar-refractivity contribution is 7.15. The predicted octanol–water partition coefficient (Wildman–Crippen LogP) is 3.36. The number of anilines is 1. The van der Waals surface area contributed by atoms with E-state index in [1.54, 1.807) is 12.1 Å². The molecule has 1 aliphatic rings. The summed E-state index contributed by atoms with van der Waals surface area (Å²) < 4.78 is 5.85. The van der Waals surface area contributed by atoms with E-state index in [2.05, 4.69) is 9.88 Å². The van der Waals surface area contributed by atoms with Gasteiger partial charge in [0.15, 0.2) is 11.4 Å². The molecule has 6 nitrogen and oxygen atoms in total. The standard InChI is InChI=1S/C19H19N3O3S/c1-12-3-4-15-14(11-12)20-19(25-15)22-9-7-21(8-10-22)18(24)17-6-5-16(26-17)13(2)23/h3-6,11H,7-10H2,1-2H3. The lowest BCUT2D eigenvalue weighted by molar-refractivity contribution is 0.0750. The van der Waals surface area contributed by atoms with E-state index in [1.807, 2.05) is 30.0 Å². The maximum atomic E-state index is 12.6. The molecule has 3 heterocycles. The summed E-state index contributed by atoms with van der Waals surface area (Å²) >= 11 is 1.26. The van der Waals surface area contributed by atoms with E-state index < -0.39 is 0 Å². The van der Waals surface area contributed by atoms with Crippen LogP contribution in [-0.4, -0.2) is 47.8 Å². The van der Waals surface area contributed by atoms with Crippen molar-refractivity contribution in [3.8, 4) is 0 Å². The lowest BCUT2D eigenvalue weighted by Crippen LogP contribution is -2.48. The average molecular weight is 369 g/mol. The van der Waals surface area contributed by atoms with Gasteiger partial charge in [-0.25, -0.2) is 0 Å². The van der Waals surface area contributed by atoms with Crippen LogP contribution in [0.3, 0.4) is 0 Å². The number of oxazole rings is 1. The number of benzene rings is 1. The number of hydrogen-bond acceptors (Lipinski definition) is 6. The van der Waals surface area contributed by atoms with Gasteiger partial charge in [-0.2, -0.15) is 4.98 Å². The molecule has 1 aromatic carbocycles. The fourth-order valence-corrected chi connectivity index (χ4v) is 3.93. The summed E-state index contributed by atoms with van der Waals surface area (Å²) in [7, 11) is 0. The molecule has 2 aromatic heterocycles. The van der Waals surface area contributed by atoms with Crippen molar-refractivity contribution < 1.29 is 14.0 Å². The highest BCUT2D eigenvalue weighted by Gasteiger charge is 2.25. The Kier molecular flexibility index (Phi) is 4.24. The molecule has 1 aliphatic heterocycles. The Morgan fingerprint density at radius 3 is 2.50 bits per heavy atom. The Morgan fingerprint density at radius 1 is 1.08 bits per heavy atom. The molecule has 4 rings (SSSR count). The number of Topliss-reactive ketones (excluding diaryl/α,β-unsaturated/α-hetero) is 1. The van der Waals surface area contributed by atoms with Crippen molar-refractivity contribution in [2.75, 3.05) is 31.1 Å². The average Bonchev–Trinajstić information content (AvgIpc) is 3.28. The zero-order chi connectivity index (χ0) is 18.3. The zero-order valence-corrected chi connectivity index (χ0v) is 15.5. The molecule has 0 aliphatic carbocycles. The summed E-state index contributed by atoms with van der Waals surface area (Å²) in [6, 6.07) is 10.0. The van der Waals surface area contributed by atoms with Crippen molar-refractivity contribution in [2.45, 2.75) is 13.8 Å². The Balaban J connectivity index is 1.44. The van der Waals surface area contributed by atoms with E-state index in [-0.39, 0.29) is 11.7 Å². The van der Waals surface area contributed by atoms with Gasteiger partial charge in [0, 0.05) is 26.2 Å². The lowest BCUT2D eigenvalue weighted by Gasteiger charge is -2.33. The van der Waals surface area contributed by atoms with E-state index in [0.717, 1.165) is 16.7 Å². The fourth-order valence-electron chi connectivity index (χ4n) is 3.06. The summed E-state index contributed by atoms with van der Waals surface area (Å²) in [6.45, 7) is 6.08.